The molecule has 0 atom stereocenters. The summed E-state index contributed by atoms with van der Waals surface area (Å²) in [5, 5.41) is 6.69. The second-order valence-corrected chi connectivity index (χ2v) is 5.48. The zero-order valence-corrected chi connectivity index (χ0v) is 13.8. The highest BCUT2D eigenvalue weighted by atomic mass is 19.1. The fourth-order valence-electron chi connectivity index (χ4n) is 2.40. The van der Waals surface area contributed by atoms with Gasteiger partial charge in [-0.05, 0) is 24.3 Å². The number of nitrogens with one attached hydrogen (secondary N) is 1. The van der Waals surface area contributed by atoms with Gasteiger partial charge in [0.05, 0.1) is 12.1 Å². The van der Waals surface area contributed by atoms with Gasteiger partial charge in [0.2, 0.25) is 0 Å². The van der Waals surface area contributed by atoms with Gasteiger partial charge in [0, 0.05) is 25.9 Å². The Morgan fingerprint density at radius 3 is 2.73 bits per heavy atom. The summed E-state index contributed by atoms with van der Waals surface area (Å²) < 4.78 is 29.0. The topological polar surface area (TPSA) is 81.8 Å². The summed E-state index contributed by atoms with van der Waals surface area (Å²) in [5.74, 6) is -2.01. The summed E-state index contributed by atoms with van der Waals surface area (Å²) in [4.78, 5) is 28.3. The largest absolute Gasteiger partial charge is 0.350 e. The average Bonchev–Trinajstić information content (AvgIpc) is 2.91. The smallest absolute Gasteiger partial charge is 0.346 e. The first-order valence-electron chi connectivity index (χ1n) is 7.76. The van der Waals surface area contributed by atoms with E-state index >= 15 is 0 Å². The van der Waals surface area contributed by atoms with E-state index in [0.717, 1.165) is 12.1 Å². The quantitative estimate of drug-likeness (QED) is 0.746. The van der Waals surface area contributed by atoms with Crippen molar-refractivity contribution < 1.29 is 13.6 Å². The number of halogens is 2. The van der Waals surface area contributed by atoms with E-state index in [1.807, 2.05) is 0 Å². The Hall–Kier alpha value is -3.36. The van der Waals surface area contributed by atoms with Gasteiger partial charge in [-0.3, -0.25) is 14.3 Å². The molecule has 134 valence electrons. The molecular formula is C17H15F2N5O2. The molecule has 0 radical (unpaired) electrons. The van der Waals surface area contributed by atoms with Crippen LogP contribution in [0.5, 0.6) is 0 Å². The third kappa shape index (κ3) is 3.51. The molecule has 2 aromatic heterocycles. The lowest BCUT2D eigenvalue weighted by Gasteiger charge is -2.05. The van der Waals surface area contributed by atoms with Crippen LogP contribution in [0.3, 0.4) is 0 Å². The highest BCUT2D eigenvalue weighted by Crippen LogP contribution is 2.11. The minimum Gasteiger partial charge on any atom is -0.350 e. The molecule has 2 heterocycles. The number of carbonyl (C=O) groups excluding carboxylic acids is 1. The van der Waals surface area contributed by atoms with Gasteiger partial charge in [0.1, 0.15) is 17.3 Å². The summed E-state index contributed by atoms with van der Waals surface area (Å²) in [6.07, 6.45) is 1.59. The molecule has 0 aliphatic rings. The summed E-state index contributed by atoms with van der Waals surface area (Å²) in [7, 11) is 1.57. The van der Waals surface area contributed by atoms with Crippen molar-refractivity contribution in [2.45, 2.75) is 6.54 Å². The Morgan fingerprint density at radius 2 is 2.04 bits per heavy atom. The summed E-state index contributed by atoms with van der Waals surface area (Å²) in [6.45, 7) is 0.141. The lowest BCUT2D eigenvalue weighted by Crippen LogP contribution is -2.32. The Morgan fingerprint density at radius 1 is 1.23 bits per heavy atom. The first-order chi connectivity index (χ1) is 12.5. The molecule has 0 saturated heterocycles. The molecule has 1 amide bonds. The summed E-state index contributed by atoms with van der Waals surface area (Å²) in [5.41, 5.74) is -0.0925. The molecule has 0 unspecified atom stereocenters. The number of hydrogen-bond donors (Lipinski definition) is 1. The number of rotatable bonds is 5. The van der Waals surface area contributed by atoms with Crippen molar-refractivity contribution in [2.24, 2.45) is 7.05 Å². The number of hydrogen-bond acceptors (Lipinski definition) is 4. The maximum atomic E-state index is 13.6. The van der Waals surface area contributed by atoms with Crippen molar-refractivity contribution in [3.63, 3.8) is 0 Å². The zero-order chi connectivity index (χ0) is 18.7. The zero-order valence-electron chi connectivity index (χ0n) is 13.8. The maximum Gasteiger partial charge on any atom is 0.346 e. The molecule has 26 heavy (non-hydrogen) atoms. The monoisotopic (exact) mass is 359 g/mol. The molecule has 0 bridgehead atoms. The highest BCUT2D eigenvalue weighted by molar-refractivity contribution is 5.94. The van der Waals surface area contributed by atoms with E-state index in [9.17, 15) is 18.4 Å². The minimum atomic E-state index is -0.949. The molecule has 7 nitrogen and oxygen atoms in total. The van der Waals surface area contributed by atoms with Crippen LogP contribution < -0.4 is 11.0 Å². The van der Waals surface area contributed by atoms with Crippen molar-refractivity contribution in [3.8, 4) is 11.5 Å². The van der Waals surface area contributed by atoms with Gasteiger partial charge >= 0.3 is 5.69 Å². The Kier molecular flexibility index (Phi) is 4.87. The first-order valence-corrected chi connectivity index (χ1v) is 7.76. The van der Waals surface area contributed by atoms with Crippen LogP contribution in [-0.2, 0) is 13.6 Å². The van der Waals surface area contributed by atoms with E-state index in [-0.39, 0.29) is 24.3 Å². The van der Waals surface area contributed by atoms with Crippen molar-refractivity contribution in [2.75, 3.05) is 6.54 Å². The predicted molar refractivity (Wildman–Crippen MR) is 89.4 cm³/mol. The van der Waals surface area contributed by atoms with Crippen molar-refractivity contribution in [1.82, 2.24) is 24.6 Å². The average molecular weight is 359 g/mol. The summed E-state index contributed by atoms with van der Waals surface area (Å²) >= 11 is 0. The third-order valence-corrected chi connectivity index (χ3v) is 3.72. The molecule has 1 aromatic carbocycles. The summed E-state index contributed by atoms with van der Waals surface area (Å²) in [6, 6.07) is 7.96. The van der Waals surface area contributed by atoms with E-state index in [0.29, 0.717) is 17.6 Å². The highest BCUT2D eigenvalue weighted by Gasteiger charge is 2.14. The van der Waals surface area contributed by atoms with Crippen LogP contribution >= 0.6 is 0 Å². The Bertz CT molecular complexity index is 998. The Labute approximate surface area is 146 Å². The fourth-order valence-corrected chi connectivity index (χ4v) is 2.40. The molecule has 0 saturated carbocycles. The van der Waals surface area contributed by atoms with Crippen LogP contribution in [0.1, 0.15) is 10.4 Å². The number of benzene rings is 1. The van der Waals surface area contributed by atoms with Gasteiger partial charge in [-0.25, -0.2) is 18.3 Å². The van der Waals surface area contributed by atoms with Gasteiger partial charge in [0.25, 0.3) is 5.91 Å². The number of aromatic nitrogens is 4. The van der Waals surface area contributed by atoms with Gasteiger partial charge in [-0.15, -0.1) is 5.10 Å². The molecule has 0 fully saturated rings. The van der Waals surface area contributed by atoms with E-state index in [1.54, 1.807) is 31.4 Å². The second-order valence-electron chi connectivity index (χ2n) is 5.48. The van der Waals surface area contributed by atoms with Crippen LogP contribution in [0.2, 0.25) is 0 Å². The molecule has 9 heteroatoms. The lowest BCUT2D eigenvalue weighted by molar-refractivity contribution is 0.0947. The van der Waals surface area contributed by atoms with E-state index < -0.39 is 17.5 Å². The van der Waals surface area contributed by atoms with Gasteiger partial charge < -0.3 is 5.32 Å². The SMILES string of the molecule is Cn1c(-c2ccccn2)nn(CCNC(=O)c2ccc(F)cc2F)c1=O. The van der Waals surface area contributed by atoms with E-state index in [1.165, 1.54) is 9.25 Å². The van der Waals surface area contributed by atoms with Crippen LogP contribution in [-0.4, -0.2) is 31.8 Å². The molecule has 0 spiro atoms. The molecule has 1 N–H and O–H groups in total. The molecule has 3 aromatic rings. The first kappa shape index (κ1) is 17.5. The normalized spacial score (nSPS) is 10.7. The fraction of sp³-hybridized carbons (Fsp3) is 0.176. The molecule has 3 rings (SSSR count). The van der Waals surface area contributed by atoms with Gasteiger partial charge in [-0.2, -0.15) is 0 Å². The lowest BCUT2D eigenvalue weighted by atomic mass is 10.2. The standard InChI is InChI=1S/C17H15F2N5O2/c1-23-15(14-4-2-3-7-20-14)22-24(17(23)26)9-8-21-16(25)12-6-5-11(18)10-13(12)19/h2-7,10H,8-9H2,1H3,(H,21,25). The molecule has 0 aliphatic carbocycles. The van der Waals surface area contributed by atoms with Crippen molar-refractivity contribution >= 4 is 5.91 Å². The predicted octanol–water partition coefficient (Wildman–Crippen LogP) is 1.35. The molecular weight excluding hydrogens is 344 g/mol. The van der Waals surface area contributed by atoms with E-state index in [2.05, 4.69) is 15.4 Å². The maximum absolute atomic E-state index is 13.6. The second kappa shape index (κ2) is 7.26. The number of carbonyl (C=O) groups is 1. The molecule has 0 aliphatic heterocycles. The number of amides is 1. The van der Waals surface area contributed by atoms with Crippen LogP contribution in [0.15, 0.2) is 47.4 Å². The van der Waals surface area contributed by atoms with Crippen LogP contribution in [0.4, 0.5) is 8.78 Å². The van der Waals surface area contributed by atoms with E-state index in [4.69, 9.17) is 0 Å². The van der Waals surface area contributed by atoms with Gasteiger partial charge in [0.15, 0.2) is 5.82 Å². The Balaban J connectivity index is 1.69. The number of pyridine rings is 1. The minimum absolute atomic E-state index is 0.0498. The third-order valence-electron chi connectivity index (χ3n) is 3.72. The number of nitrogens with zero attached hydrogens (tertiary/aromatic N) is 4. The van der Waals surface area contributed by atoms with Crippen LogP contribution in [0, 0.1) is 11.6 Å². The van der Waals surface area contributed by atoms with Gasteiger partial charge in [-0.1, -0.05) is 6.07 Å². The van der Waals surface area contributed by atoms with Crippen LogP contribution in [0.25, 0.3) is 11.5 Å². The van der Waals surface area contributed by atoms with Crippen molar-refractivity contribution in [3.05, 3.63) is 70.3 Å². The van der Waals surface area contributed by atoms with Crippen molar-refractivity contribution in [1.29, 1.82) is 0 Å².